The van der Waals surface area contributed by atoms with E-state index in [0.717, 1.165) is 31.2 Å². The van der Waals surface area contributed by atoms with Gasteiger partial charge in [0, 0.05) is 19.1 Å². The number of guanidine groups is 1. The first-order chi connectivity index (χ1) is 14.1. The first kappa shape index (κ1) is 21.1. The van der Waals surface area contributed by atoms with Crippen LogP contribution in [0.2, 0.25) is 0 Å². The molecule has 3 atom stereocenters. The zero-order chi connectivity index (χ0) is 20.3. The van der Waals surface area contributed by atoms with Crippen LogP contribution in [0.1, 0.15) is 103 Å². The number of carbonyl (C=O) groups excluding carboxylic acids is 1. The van der Waals surface area contributed by atoms with E-state index < -0.39 is 5.54 Å². The standard InChI is InChI=1S/C24H42N4O/c1-28-22(29)24(27-23(28)25,15-14-18-8-3-2-4-9-18)17-19-10-7-13-21(16-19)26-20-11-5-6-12-20/h18-21,26H,2-17H2,1H3,(H2,25,27)/t19?,21?,24-/m1/s1. The Hall–Kier alpha value is -1.10. The van der Waals surface area contributed by atoms with Crippen LogP contribution >= 0.6 is 0 Å². The van der Waals surface area contributed by atoms with E-state index in [0.29, 0.717) is 17.9 Å². The highest BCUT2D eigenvalue weighted by molar-refractivity contribution is 6.06. The van der Waals surface area contributed by atoms with E-state index in [2.05, 4.69) is 5.32 Å². The van der Waals surface area contributed by atoms with Gasteiger partial charge in [-0.25, -0.2) is 4.99 Å². The summed E-state index contributed by atoms with van der Waals surface area (Å²) >= 11 is 0. The van der Waals surface area contributed by atoms with Crippen molar-refractivity contribution < 1.29 is 4.79 Å². The fourth-order valence-corrected chi connectivity index (χ4v) is 6.61. The molecule has 1 heterocycles. The van der Waals surface area contributed by atoms with E-state index in [1.54, 1.807) is 11.9 Å². The minimum Gasteiger partial charge on any atom is -0.369 e. The third-order valence-corrected chi connectivity index (χ3v) is 8.30. The van der Waals surface area contributed by atoms with Crippen molar-refractivity contribution in [1.29, 1.82) is 0 Å². The van der Waals surface area contributed by atoms with E-state index in [4.69, 9.17) is 10.7 Å². The topological polar surface area (TPSA) is 70.7 Å². The summed E-state index contributed by atoms with van der Waals surface area (Å²) in [6.45, 7) is 0. The normalized spacial score (nSPS) is 34.7. The fraction of sp³-hybridized carbons (Fsp3) is 0.917. The summed E-state index contributed by atoms with van der Waals surface area (Å²) in [6.07, 6.45) is 20.1. The zero-order valence-electron chi connectivity index (χ0n) is 18.5. The van der Waals surface area contributed by atoms with Gasteiger partial charge in [0.15, 0.2) is 5.96 Å². The summed E-state index contributed by atoms with van der Waals surface area (Å²) in [7, 11) is 1.80. The molecule has 5 heteroatoms. The number of aliphatic imine (C=N–C) groups is 1. The number of hydrogen-bond acceptors (Lipinski definition) is 4. The summed E-state index contributed by atoms with van der Waals surface area (Å²) in [5, 5.41) is 3.94. The van der Waals surface area contributed by atoms with Gasteiger partial charge in [-0.3, -0.25) is 9.69 Å². The monoisotopic (exact) mass is 402 g/mol. The van der Waals surface area contributed by atoms with E-state index in [-0.39, 0.29) is 5.91 Å². The van der Waals surface area contributed by atoms with E-state index in [1.165, 1.54) is 83.5 Å². The highest BCUT2D eigenvalue weighted by Gasteiger charge is 2.48. The summed E-state index contributed by atoms with van der Waals surface area (Å²) < 4.78 is 0. The predicted octanol–water partition coefficient (Wildman–Crippen LogP) is 4.35. The lowest BCUT2D eigenvalue weighted by molar-refractivity contribution is -0.131. The van der Waals surface area contributed by atoms with Crippen LogP contribution in [-0.4, -0.2) is 41.4 Å². The quantitative estimate of drug-likeness (QED) is 0.665. The Kier molecular flexibility index (Phi) is 6.83. The van der Waals surface area contributed by atoms with Gasteiger partial charge in [0.25, 0.3) is 5.91 Å². The molecule has 3 aliphatic carbocycles. The molecular weight excluding hydrogens is 360 g/mol. The fourth-order valence-electron chi connectivity index (χ4n) is 6.61. The van der Waals surface area contributed by atoms with Gasteiger partial charge in [-0.2, -0.15) is 0 Å². The molecular formula is C24H42N4O. The lowest BCUT2D eigenvalue weighted by Gasteiger charge is -2.36. The Morgan fingerprint density at radius 2 is 1.62 bits per heavy atom. The average molecular weight is 403 g/mol. The van der Waals surface area contributed by atoms with Crippen LogP contribution in [0.4, 0.5) is 0 Å². The van der Waals surface area contributed by atoms with Gasteiger partial charge in [0.1, 0.15) is 5.54 Å². The third kappa shape index (κ3) is 4.98. The molecule has 3 saturated carbocycles. The molecule has 164 valence electrons. The molecule has 2 unspecified atom stereocenters. The Labute approximate surface area is 177 Å². The first-order valence-corrected chi connectivity index (χ1v) is 12.5. The summed E-state index contributed by atoms with van der Waals surface area (Å²) in [6, 6.07) is 1.36. The Balaban J connectivity index is 1.40. The molecule has 0 spiro atoms. The Bertz CT molecular complexity index is 594. The van der Waals surface area contributed by atoms with Crippen LogP contribution in [0.5, 0.6) is 0 Å². The molecule has 1 aliphatic heterocycles. The lowest BCUT2D eigenvalue weighted by Crippen LogP contribution is -2.45. The van der Waals surface area contributed by atoms with Crippen molar-refractivity contribution >= 4 is 11.9 Å². The molecule has 0 saturated heterocycles. The minimum absolute atomic E-state index is 0.150. The van der Waals surface area contributed by atoms with Crippen molar-refractivity contribution in [3.8, 4) is 0 Å². The van der Waals surface area contributed by atoms with Crippen molar-refractivity contribution in [3.63, 3.8) is 0 Å². The van der Waals surface area contributed by atoms with Crippen molar-refractivity contribution in [2.45, 2.75) is 120 Å². The van der Waals surface area contributed by atoms with Gasteiger partial charge in [-0.05, 0) is 56.8 Å². The number of rotatable bonds is 7. The zero-order valence-corrected chi connectivity index (χ0v) is 18.5. The predicted molar refractivity (Wildman–Crippen MR) is 119 cm³/mol. The third-order valence-electron chi connectivity index (χ3n) is 8.30. The maximum atomic E-state index is 13.3. The molecule has 29 heavy (non-hydrogen) atoms. The Morgan fingerprint density at radius 3 is 2.31 bits per heavy atom. The largest absolute Gasteiger partial charge is 0.369 e. The second-order valence-corrected chi connectivity index (χ2v) is 10.5. The smallest absolute Gasteiger partial charge is 0.257 e. The summed E-state index contributed by atoms with van der Waals surface area (Å²) in [5.74, 6) is 1.94. The molecule has 0 aromatic heterocycles. The van der Waals surface area contributed by atoms with Crippen molar-refractivity contribution in [2.24, 2.45) is 22.6 Å². The van der Waals surface area contributed by atoms with Crippen molar-refractivity contribution in [3.05, 3.63) is 0 Å². The molecule has 5 nitrogen and oxygen atoms in total. The molecule has 0 bridgehead atoms. The number of likely N-dealkylation sites (N-methyl/N-ethyl adjacent to an activating group) is 1. The maximum Gasteiger partial charge on any atom is 0.257 e. The SMILES string of the molecule is CN1C(=O)[C@@](CCC2CCCCC2)(CC2CCCC(NC3CCCC3)C2)N=C1N. The van der Waals surface area contributed by atoms with Gasteiger partial charge in [-0.1, -0.05) is 57.8 Å². The van der Waals surface area contributed by atoms with Gasteiger partial charge in [0.2, 0.25) is 0 Å². The lowest BCUT2D eigenvalue weighted by atomic mass is 9.74. The van der Waals surface area contributed by atoms with Gasteiger partial charge in [0.05, 0.1) is 0 Å². The summed E-state index contributed by atoms with van der Waals surface area (Å²) in [4.78, 5) is 19.7. The van der Waals surface area contributed by atoms with Crippen LogP contribution in [0.25, 0.3) is 0 Å². The van der Waals surface area contributed by atoms with Crippen LogP contribution in [0.15, 0.2) is 4.99 Å². The second kappa shape index (κ2) is 9.36. The number of amides is 1. The molecule has 1 amide bonds. The number of nitrogens with two attached hydrogens (primary N) is 1. The number of hydrogen-bond donors (Lipinski definition) is 2. The van der Waals surface area contributed by atoms with Crippen molar-refractivity contribution in [2.75, 3.05) is 7.05 Å². The number of nitrogens with zero attached hydrogens (tertiary/aromatic N) is 2. The van der Waals surface area contributed by atoms with Crippen LogP contribution in [0, 0.1) is 11.8 Å². The average Bonchev–Trinajstić information content (AvgIpc) is 3.31. The molecule has 3 fully saturated rings. The van der Waals surface area contributed by atoms with E-state index in [9.17, 15) is 4.79 Å². The maximum absolute atomic E-state index is 13.3. The molecule has 4 rings (SSSR count). The van der Waals surface area contributed by atoms with Crippen LogP contribution in [-0.2, 0) is 4.79 Å². The first-order valence-electron chi connectivity index (χ1n) is 12.5. The minimum atomic E-state index is -0.587. The second-order valence-electron chi connectivity index (χ2n) is 10.5. The molecule has 3 N–H and O–H groups in total. The van der Waals surface area contributed by atoms with Crippen molar-refractivity contribution in [1.82, 2.24) is 10.2 Å². The van der Waals surface area contributed by atoms with Crippen LogP contribution in [0.3, 0.4) is 0 Å². The molecule has 0 radical (unpaired) electrons. The Morgan fingerprint density at radius 1 is 0.966 bits per heavy atom. The molecule has 4 aliphatic rings. The highest BCUT2D eigenvalue weighted by Crippen LogP contribution is 2.40. The van der Waals surface area contributed by atoms with E-state index in [1.807, 2.05) is 0 Å². The number of carbonyl (C=O) groups is 1. The summed E-state index contributed by atoms with van der Waals surface area (Å²) in [5.41, 5.74) is 5.55. The van der Waals surface area contributed by atoms with E-state index >= 15 is 0 Å². The van der Waals surface area contributed by atoms with Crippen LogP contribution < -0.4 is 11.1 Å². The number of nitrogens with one attached hydrogen (secondary N) is 1. The molecule has 0 aromatic carbocycles. The van der Waals surface area contributed by atoms with Gasteiger partial charge in [-0.15, -0.1) is 0 Å². The highest BCUT2D eigenvalue weighted by atomic mass is 16.2. The van der Waals surface area contributed by atoms with Gasteiger partial charge >= 0.3 is 0 Å². The van der Waals surface area contributed by atoms with Gasteiger partial charge < -0.3 is 11.1 Å². The molecule has 0 aromatic rings.